The zero-order valence-electron chi connectivity index (χ0n) is 34.9. The summed E-state index contributed by atoms with van der Waals surface area (Å²) in [6, 6.07) is 15.6. The standard InChI is InChI=1S/C47H50N10O5/c1-3-19-56-45(60)36-24-48-46(52-43(36)57(56)38-13-8-27-15-18-47(61,4-2)42(27)50-38)49-31-9-5-29-23-33(10-6-28(29)22-31)54-20-16-32(17-21-54)55-25-30-7-11-34-40(53-62-41(34)37(30)26-55)35-12-14-39(58)51-44(35)59/h3,5,7-9,11,13,22,24,32-33,35,61H,1,4,6,10,12,14-21,23,25-26H2,2H3,(H,48,49,52)(H,51,58,59)/t33?,35?,47-/m1/s1. The number of carbonyl (C=O) groups excluding carboxylic acids is 2. The van der Waals surface area contributed by atoms with Crippen LogP contribution in [-0.2, 0) is 54.1 Å². The minimum atomic E-state index is -0.992. The number of imide groups is 1. The van der Waals surface area contributed by atoms with Gasteiger partial charge in [-0.05, 0) is 117 Å². The predicted octanol–water partition coefficient (Wildman–Crippen LogP) is 5.45. The first kappa shape index (κ1) is 38.9. The van der Waals surface area contributed by atoms with Crippen molar-refractivity contribution in [3.63, 3.8) is 0 Å². The number of hydrogen-bond donors (Lipinski definition) is 3. The van der Waals surface area contributed by atoms with Crippen molar-refractivity contribution in [1.29, 1.82) is 0 Å². The second-order valence-corrected chi connectivity index (χ2v) is 17.8. The lowest BCUT2D eigenvalue weighted by Gasteiger charge is -2.42. The highest BCUT2D eigenvalue weighted by molar-refractivity contribution is 6.02. The highest BCUT2D eigenvalue weighted by Gasteiger charge is 2.38. The Hall–Kier alpha value is -6.03. The Kier molecular flexibility index (Phi) is 9.47. The molecule has 4 aromatic heterocycles. The number of nitrogens with one attached hydrogen (secondary N) is 2. The lowest BCUT2D eigenvalue weighted by molar-refractivity contribution is -0.134. The van der Waals surface area contributed by atoms with Crippen LogP contribution in [0.5, 0.6) is 0 Å². The van der Waals surface area contributed by atoms with E-state index >= 15 is 0 Å². The van der Waals surface area contributed by atoms with Crippen molar-refractivity contribution in [2.75, 3.05) is 18.4 Å². The van der Waals surface area contributed by atoms with Gasteiger partial charge in [-0.25, -0.2) is 19.3 Å². The van der Waals surface area contributed by atoms with Gasteiger partial charge in [-0.1, -0.05) is 36.4 Å². The summed E-state index contributed by atoms with van der Waals surface area (Å²) < 4.78 is 9.18. The van der Waals surface area contributed by atoms with Crippen LogP contribution in [0.25, 0.3) is 27.8 Å². The van der Waals surface area contributed by atoms with E-state index < -0.39 is 11.5 Å². The van der Waals surface area contributed by atoms with E-state index in [1.54, 1.807) is 21.6 Å². The quantitative estimate of drug-likeness (QED) is 0.124. The summed E-state index contributed by atoms with van der Waals surface area (Å²) in [7, 11) is 0. The number of amides is 2. The summed E-state index contributed by atoms with van der Waals surface area (Å²) in [5.74, 6) is -0.0950. The predicted molar refractivity (Wildman–Crippen MR) is 232 cm³/mol. The van der Waals surface area contributed by atoms with Crippen LogP contribution in [-0.4, -0.2) is 81.4 Å². The molecule has 6 aromatic rings. The molecule has 3 N–H and O–H groups in total. The number of pyridine rings is 1. The summed E-state index contributed by atoms with van der Waals surface area (Å²) >= 11 is 0. The number of aryl methyl sites for hydroxylation is 2. The van der Waals surface area contributed by atoms with Crippen LogP contribution < -0.4 is 16.2 Å². The molecule has 0 radical (unpaired) electrons. The fourth-order valence-electron chi connectivity index (χ4n) is 10.9. The molecule has 2 aliphatic carbocycles. The summed E-state index contributed by atoms with van der Waals surface area (Å²) in [4.78, 5) is 57.6. The SMILES string of the molecule is C=CCn1c(=O)c2cnc(Nc3ccc4c(c3)CCC(N3CCC(N5Cc6ccc7c(C8CCC(=O)NC8=O)noc7c6C5)CC3)C4)nc2n1-c1ccc2c(n1)[C@@](O)(CC)CC2. The van der Waals surface area contributed by atoms with Gasteiger partial charge < -0.3 is 14.9 Å². The maximum atomic E-state index is 13.6. The molecule has 0 saturated carbocycles. The minimum Gasteiger partial charge on any atom is -0.384 e. The zero-order valence-corrected chi connectivity index (χ0v) is 34.9. The molecule has 15 nitrogen and oxygen atoms in total. The lowest BCUT2D eigenvalue weighted by atomic mass is 9.86. The Morgan fingerprint density at radius 3 is 2.58 bits per heavy atom. The van der Waals surface area contributed by atoms with E-state index in [2.05, 4.69) is 61.4 Å². The monoisotopic (exact) mass is 834 g/mol. The van der Waals surface area contributed by atoms with Crippen LogP contribution >= 0.6 is 0 Å². The van der Waals surface area contributed by atoms with Gasteiger partial charge in [0.1, 0.15) is 16.7 Å². The molecule has 11 rings (SSSR count). The van der Waals surface area contributed by atoms with Gasteiger partial charge >= 0.3 is 0 Å². The van der Waals surface area contributed by atoms with E-state index in [1.165, 1.54) is 22.3 Å². The largest absolute Gasteiger partial charge is 0.384 e. The minimum absolute atomic E-state index is 0.231. The fourth-order valence-corrected chi connectivity index (χ4v) is 10.9. The lowest BCUT2D eigenvalue weighted by Crippen LogP contribution is -2.48. The number of likely N-dealkylation sites (tertiary alicyclic amines) is 1. The molecule has 2 aromatic carbocycles. The smallest absolute Gasteiger partial charge is 0.278 e. The number of anilines is 2. The Bertz CT molecular complexity index is 2870. The molecule has 3 aliphatic heterocycles. The average molecular weight is 835 g/mol. The van der Waals surface area contributed by atoms with Crippen molar-refractivity contribution in [2.24, 2.45) is 0 Å². The third kappa shape index (κ3) is 6.47. The Balaban J connectivity index is 0.749. The number of hydrogen-bond acceptors (Lipinski definition) is 12. The van der Waals surface area contributed by atoms with E-state index in [0.717, 1.165) is 86.9 Å². The summed E-state index contributed by atoms with van der Waals surface area (Å²) in [6.45, 7) is 9.93. The second-order valence-electron chi connectivity index (χ2n) is 17.8. The third-order valence-electron chi connectivity index (χ3n) is 14.4. The van der Waals surface area contributed by atoms with E-state index in [9.17, 15) is 19.5 Å². The van der Waals surface area contributed by atoms with Crippen LogP contribution in [0.1, 0.15) is 97.0 Å². The number of rotatable bonds is 9. The molecule has 62 heavy (non-hydrogen) atoms. The number of allylic oxidation sites excluding steroid dienone is 1. The number of aromatic nitrogens is 6. The molecule has 318 valence electrons. The number of carbonyl (C=O) groups is 2. The highest BCUT2D eigenvalue weighted by atomic mass is 16.5. The number of aliphatic hydroxyl groups is 1. The van der Waals surface area contributed by atoms with Crippen LogP contribution in [0.2, 0.25) is 0 Å². The molecule has 0 bridgehead atoms. The van der Waals surface area contributed by atoms with Crippen molar-refractivity contribution in [2.45, 2.75) is 114 Å². The van der Waals surface area contributed by atoms with Crippen LogP contribution in [0, 0.1) is 0 Å². The molecule has 0 spiro atoms. The van der Waals surface area contributed by atoms with E-state index in [1.807, 2.05) is 25.1 Å². The molecule has 7 heterocycles. The van der Waals surface area contributed by atoms with Gasteiger partial charge in [0.2, 0.25) is 17.8 Å². The first-order chi connectivity index (χ1) is 30.2. The average Bonchev–Trinajstić information content (AvgIpc) is 4.06. The van der Waals surface area contributed by atoms with E-state index in [4.69, 9.17) is 14.5 Å². The summed E-state index contributed by atoms with van der Waals surface area (Å²) in [6.07, 6.45) is 11.3. The van der Waals surface area contributed by atoms with Crippen LogP contribution in [0.3, 0.4) is 0 Å². The van der Waals surface area contributed by atoms with Crippen molar-refractivity contribution < 1.29 is 19.2 Å². The molecule has 2 unspecified atom stereocenters. The molecular weight excluding hydrogens is 785 g/mol. The first-order valence-corrected chi connectivity index (χ1v) is 22.1. The van der Waals surface area contributed by atoms with E-state index in [-0.39, 0.29) is 23.9 Å². The number of fused-ring (bicyclic) bond motifs is 6. The van der Waals surface area contributed by atoms with Crippen molar-refractivity contribution in [3.05, 3.63) is 111 Å². The topological polar surface area (TPSA) is 177 Å². The second kappa shape index (κ2) is 15.1. The molecule has 5 aliphatic rings. The van der Waals surface area contributed by atoms with Crippen molar-refractivity contribution in [3.8, 4) is 5.82 Å². The zero-order chi connectivity index (χ0) is 42.3. The van der Waals surface area contributed by atoms with Gasteiger partial charge in [0.25, 0.3) is 5.56 Å². The Labute approximate surface area is 357 Å². The molecule has 15 heteroatoms. The Morgan fingerprint density at radius 1 is 0.919 bits per heavy atom. The van der Waals surface area contributed by atoms with Gasteiger partial charge in [-0.3, -0.25) is 29.5 Å². The number of piperidine rings is 2. The fraction of sp³-hybridized carbons (Fsp3) is 0.426. The van der Waals surface area contributed by atoms with Crippen molar-refractivity contribution in [1.82, 2.24) is 44.6 Å². The molecule has 2 amide bonds. The van der Waals surface area contributed by atoms with Gasteiger partial charge in [-0.15, -0.1) is 6.58 Å². The van der Waals surface area contributed by atoms with Crippen LogP contribution in [0.4, 0.5) is 11.6 Å². The van der Waals surface area contributed by atoms with Crippen molar-refractivity contribution >= 4 is 45.5 Å². The van der Waals surface area contributed by atoms with Gasteiger partial charge in [-0.2, -0.15) is 4.98 Å². The molecular formula is C47H50N10O5. The molecule has 2 fully saturated rings. The maximum absolute atomic E-state index is 13.6. The molecule has 2 saturated heterocycles. The molecule has 3 atom stereocenters. The van der Waals surface area contributed by atoms with Gasteiger partial charge in [0, 0.05) is 54.4 Å². The summed E-state index contributed by atoms with van der Waals surface area (Å²) in [5.41, 5.74) is 8.34. The van der Waals surface area contributed by atoms with Gasteiger partial charge in [0.05, 0.1) is 18.2 Å². The third-order valence-corrected chi connectivity index (χ3v) is 14.4. The number of benzene rings is 2. The number of nitrogens with zero attached hydrogens (tertiary/aromatic N) is 8. The Morgan fingerprint density at radius 2 is 1.76 bits per heavy atom. The maximum Gasteiger partial charge on any atom is 0.278 e. The highest BCUT2D eigenvalue weighted by Crippen LogP contribution is 2.40. The first-order valence-electron chi connectivity index (χ1n) is 22.1. The van der Waals surface area contributed by atoms with Gasteiger partial charge in [0.15, 0.2) is 17.0 Å². The normalized spacial score (nSPS) is 23.1. The van der Waals surface area contributed by atoms with Crippen LogP contribution in [0.15, 0.2) is 70.6 Å². The summed E-state index contributed by atoms with van der Waals surface area (Å²) in [5, 5.41) is 22.8. The van der Waals surface area contributed by atoms with E-state index in [0.29, 0.717) is 72.0 Å².